The van der Waals surface area contributed by atoms with E-state index in [1.165, 1.54) is 4.31 Å². The van der Waals surface area contributed by atoms with E-state index in [1.54, 1.807) is 17.0 Å². The third kappa shape index (κ3) is 2.82. The molecule has 0 spiro atoms. The Morgan fingerprint density at radius 3 is 2.69 bits per heavy atom. The maximum Gasteiger partial charge on any atom is 0.269 e. The summed E-state index contributed by atoms with van der Waals surface area (Å²) < 4.78 is 31.8. The lowest BCUT2D eigenvalue weighted by atomic mass is 10.1. The molecule has 1 atom stereocenters. The second-order valence-electron chi connectivity index (χ2n) is 6.74. The average molecular weight is 372 g/mol. The van der Waals surface area contributed by atoms with Crippen LogP contribution >= 0.6 is 0 Å². The summed E-state index contributed by atoms with van der Waals surface area (Å²) in [4.78, 5) is 14.8. The predicted octanol–water partition coefficient (Wildman–Crippen LogP) is 2.11. The number of hydrogen-bond acceptors (Lipinski definition) is 4. The highest BCUT2D eigenvalue weighted by atomic mass is 32.2. The molecule has 136 valence electrons. The zero-order chi connectivity index (χ0) is 18.5. The second kappa shape index (κ2) is 6.02. The molecule has 2 aliphatic rings. The van der Waals surface area contributed by atoms with Gasteiger partial charge >= 0.3 is 0 Å². The number of nitrogens with zero attached hydrogens (tertiary/aromatic N) is 2. The van der Waals surface area contributed by atoms with Gasteiger partial charge in [-0.05, 0) is 42.7 Å². The van der Waals surface area contributed by atoms with Crippen molar-refractivity contribution in [2.45, 2.75) is 19.4 Å². The lowest BCUT2D eigenvalue weighted by Crippen LogP contribution is -2.51. The molecule has 0 unspecified atom stereocenters. The largest absolute Gasteiger partial charge is 0.476 e. The van der Waals surface area contributed by atoms with Crippen LogP contribution < -0.4 is 13.9 Å². The SMILES string of the molecule is Cc1ccc2c(c1)N(S(C)(=O)=O)C[C@@H](C(=O)N1CCc3ccccc31)O2. The van der Waals surface area contributed by atoms with E-state index in [0.717, 1.165) is 29.5 Å². The van der Waals surface area contributed by atoms with Crippen molar-refractivity contribution in [2.75, 3.05) is 28.6 Å². The molecule has 2 aliphatic heterocycles. The van der Waals surface area contributed by atoms with Gasteiger partial charge in [-0.2, -0.15) is 0 Å². The number of hydrogen-bond donors (Lipinski definition) is 0. The van der Waals surface area contributed by atoms with Crippen molar-refractivity contribution in [3.63, 3.8) is 0 Å². The molecule has 0 saturated carbocycles. The monoisotopic (exact) mass is 372 g/mol. The van der Waals surface area contributed by atoms with Crippen molar-refractivity contribution in [3.05, 3.63) is 53.6 Å². The first-order valence-electron chi connectivity index (χ1n) is 8.49. The van der Waals surface area contributed by atoms with Crippen LogP contribution in [0.5, 0.6) is 5.75 Å². The van der Waals surface area contributed by atoms with Gasteiger partial charge in [-0.15, -0.1) is 0 Å². The molecule has 0 saturated heterocycles. The van der Waals surface area contributed by atoms with Crippen LogP contribution in [0, 0.1) is 6.92 Å². The van der Waals surface area contributed by atoms with Gasteiger partial charge in [-0.25, -0.2) is 8.42 Å². The molecule has 0 radical (unpaired) electrons. The van der Waals surface area contributed by atoms with Crippen LogP contribution in [0.25, 0.3) is 0 Å². The lowest BCUT2D eigenvalue weighted by molar-refractivity contribution is -0.125. The van der Waals surface area contributed by atoms with Crippen molar-refractivity contribution in [3.8, 4) is 5.75 Å². The number of amides is 1. The van der Waals surface area contributed by atoms with Gasteiger partial charge in [0.25, 0.3) is 5.91 Å². The van der Waals surface area contributed by atoms with Gasteiger partial charge in [0.2, 0.25) is 10.0 Å². The third-order valence-corrected chi connectivity index (χ3v) is 5.96. The first-order valence-corrected chi connectivity index (χ1v) is 10.3. The Morgan fingerprint density at radius 2 is 1.92 bits per heavy atom. The number of anilines is 2. The summed E-state index contributed by atoms with van der Waals surface area (Å²) in [6.45, 7) is 2.45. The number of carbonyl (C=O) groups excluding carboxylic acids is 1. The number of rotatable bonds is 2. The number of ether oxygens (including phenoxy) is 1. The molecule has 1 amide bonds. The normalized spacial score (nSPS) is 18.9. The molecule has 26 heavy (non-hydrogen) atoms. The first kappa shape index (κ1) is 16.9. The molecule has 2 heterocycles. The quantitative estimate of drug-likeness (QED) is 0.810. The summed E-state index contributed by atoms with van der Waals surface area (Å²) in [5.41, 5.74) is 3.41. The fraction of sp³-hybridized carbons (Fsp3) is 0.316. The number of fused-ring (bicyclic) bond motifs is 2. The Morgan fingerprint density at radius 1 is 1.15 bits per heavy atom. The summed E-state index contributed by atoms with van der Waals surface area (Å²) in [5.74, 6) is 0.202. The average Bonchev–Trinajstić information content (AvgIpc) is 3.03. The van der Waals surface area contributed by atoms with E-state index in [4.69, 9.17) is 4.74 Å². The molecule has 0 fully saturated rings. The smallest absolute Gasteiger partial charge is 0.269 e. The van der Waals surface area contributed by atoms with Crippen LogP contribution in [-0.2, 0) is 21.2 Å². The summed E-state index contributed by atoms with van der Waals surface area (Å²) in [7, 11) is -3.52. The zero-order valence-corrected chi connectivity index (χ0v) is 15.5. The molecule has 2 aromatic rings. The molecule has 6 nitrogen and oxygen atoms in total. The number of sulfonamides is 1. The number of para-hydroxylation sites is 1. The van der Waals surface area contributed by atoms with Gasteiger partial charge in [0, 0.05) is 12.2 Å². The first-order chi connectivity index (χ1) is 12.3. The topological polar surface area (TPSA) is 66.9 Å². The van der Waals surface area contributed by atoms with Crippen molar-refractivity contribution in [1.29, 1.82) is 0 Å². The summed E-state index contributed by atoms with van der Waals surface area (Å²) in [6, 6.07) is 13.1. The van der Waals surface area contributed by atoms with E-state index in [0.29, 0.717) is 18.0 Å². The molecule has 4 rings (SSSR count). The summed E-state index contributed by atoms with van der Waals surface area (Å²) >= 11 is 0. The van der Waals surface area contributed by atoms with Crippen LogP contribution in [0.2, 0.25) is 0 Å². The van der Waals surface area contributed by atoms with Crippen LogP contribution in [0.3, 0.4) is 0 Å². The van der Waals surface area contributed by atoms with Crippen molar-refractivity contribution in [1.82, 2.24) is 0 Å². The molecule has 0 bridgehead atoms. The van der Waals surface area contributed by atoms with Crippen molar-refractivity contribution < 1.29 is 17.9 Å². The fourth-order valence-corrected chi connectivity index (χ4v) is 4.45. The maximum absolute atomic E-state index is 13.1. The Balaban J connectivity index is 1.69. The molecule has 2 aromatic carbocycles. The minimum absolute atomic E-state index is 0.0210. The molecule has 0 aliphatic carbocycles. The van der Waals surface area contributed by atoms with Crippen LogP contribution in [0.1, 0.15) is 11.1 Å². The van der Waals surface area contributed by atoms with E-state index in [2.05, 4.69) is 0 Å². The van der Waals surface area contributed by atoms with E-state index in [-0.39, 0.29) is 12.5 Å². The molecular weight excluding hydrogens is 352 g/mol. The van der Waals surface area contributed by atoms with E-state index < -0.39 is 16.1 Å². The van der Waals surface area contributed by atoms with Gasteiger partial charge < -0.3 is 9.64 Å². The Kier molecular flexibility index (Phi) is 3.91. The molecule has 0 aromatic heterocycles. The highest BCUT2D eigenvalue weighted by Crippen LogP contribution is 2.37. The van der Waals surface area contributed by atoms with Crippen LogP contribution in [0.15, 0.2) is 42.5 Å². The minimum Gasteiger partial charge on any atom is -0.476 e. The van der Waals surface area contributed by atoms with Gasteiger partial charge in [-0.3, -0.25) is 9.10 Å². The predicted molar refractivity (Wildman–Crippen MR) is 100 cm³/mol. The van der Waals surface area contributed by atoms with Gasteiger partial charge in [0.1, 0.15) is 5.75 Å². The summed E-state index contributed by atoms with van der Waals surface area (Å²) in [5, 5.41) is 0. The van der Waals surface area contributed by atoms with Gasteiger partial charge in [0.05, 0.1) is 18.5 Å². The zero-order valence-electron chi connectivity index (χ0n) is 14.7. The van der Waals surface area contributed by atoms with E-state index in [9.17, 15) is 13.2 Å². The minimum atomic E-state index is -3.52. The third-order valence-electron chi connectivity index (χ3n) is 4.81. The second-order valence-corrected chi connectivity index (χ2v) is 8.65. The van der Waals surface area contributed by atoms with E-state index in [1.807, 2.05) is 37.3 Å². The maximum atomic E-state index is 13.1. The highest BCUT2D eigenvalue weighted by molar-refractivity contribution is 7.92. The Hall–Kier alpha value is -2.54. The number of carbonyl (C=O) groups is 1. The van der Waals surface area contributed by atoms with E-state index >= 15 is 0 Å². The molecular formula is C19H20N2O4S. The summed E-state index contributed by atoms with van der Waals surface area (Å²) in [6.07, 6.45) is 1.07. The molecule has 7 heteroatoms. The van der Waals surface area contributed by atoms with Gasteiger partial charge in [-0.1, -0.05) is 24.3 Å². The van der Waals surface area contributed by atoms with Crippen LogP contribution in [0.4, 0.5) is 11.4 Å². The number of benzene rings is 2. The number of aryl methyl sites for hydroxylation is 1. The fourth-order valence-electron chi connectivity index (χ4n) is 3.54. The van der Waals surface area contributed by atoms with Crippen molar-refractivity contribution >= 4 is 27.3 Å². The highest BCUT2D eigenvalue weighted by Gasteiger charge is 2.38. The molecule has 0 N–H and O–H groups in total. The van der Waals surface area contributed by atoms with Crippen LogP contribution in [-0.4, -0.2) is 39.8 Å². The Bertz CT molecular complexity index is 987. The Labute approximate surface area is 153 Å². The standard InChI is InChI=1S/C19H20N2O4S/c1-13-7-8-17-16(11-13)21(26(2,23)24)12-18(25-17)19(22)20-10-9-14-5-3-4-6-15(14)20/h3-8,11,18H,9-10,12H2,1-2H3/t18-/m0/s1. The van der Waals surface area contributed by atoms with Gasteiger partial charge in [0.15, 0.2) is 6.10 Å². The lowest BCUT2D eigenvalue weighted by Gasteiger charge is -2.35. The van der Waals surface area contributed by atoms with Crippen molar-refractivity contribution in [2.24, 2.45) is 0 Å².